The molecule has 1 heterocycles. The van der Waals surface area contributed by atoms with E-state index in [-0.39, 0.29) is 0 Å². The summed E-state index contributed by atoms with van der Waals surface area (Å²) in [7, 11) is 0. The smallest absolute Gasteiger partial charge is 0.312 e. The number of carbonyl (C=O) groups is 1. The summed E-state index contributed by atoms with van der Waals surface area (Å²) in [6, 6.07) is 7.59. The lowest BCUT2D eigenvalue weighted by Crippen LogP contribution is -2.20. The molecule has 2 N–H and O–H groups in total. The number of nitrogens with zero attached hydrogens (tertiary/aromatic N) is 1. The van der Waals surface area contributed by atoms with Crippen LogP contribution in [0.5, 0.6) is 0 Å². The zero-order valence-corrected chi connectivity index (χ0v) is 12.4. The minimum absolute atomic E-state index is 0.521. The Labute approximate surface area is 123 Å². The number of aromatic nitrogens is 1. The molecule has 4 nitrogen and oxygen atoms in total. The number of pyridine rings is 1. The van der Waals surface area contributed by atoms with E-state index in [1.54, 1.807) is 39.1 Å². The molecule has 0 radical (unpaired) electrons. The first kappa shape index (κ1) is 15.2. The molecule has 0 aliphatic heterocycles. The maximum Gasteiger partial charge on any atom is 0.312 e. The van der Waals surface area contributed by atoms with Gasteiger partial charge in [-0.2, -0.15) is 0 Å². The van der Waals surface area contributed by atoms with Gasteiger partial charge in [0.2, 0.25) is 0 Å². The van der Waals surface area contributed by atoms with Crippen molar-refractivity contribution in [3.8, 4) is 0 Å². The summed E-state index contributed by atoms with van der Waals surface area (Å²) in [6.07, 6.45) is 4.56. The van der Waals surface area contributed by atoms with E-state index in [9.17, 15) is 9.90 Å². The second-order valence-corrected chi connectivity index (χ2v) is 5.75. The van der Waals surface area contributed by atoms with Gasteiger partial charge in [-0.1, -0.05) is 18.2 Å². The third-order valence-corrected chi connectivity index (χ3v) is 3.47. The highest BCUT2D eigenvalue weighted by atomic mass is 16.4. The first-order valence-electron chi connectivity index (χ1n) is 6.80. The third kappa shape index (κ3) is 3.47. The molecule has 0 spiro atoms. The molecular formula is C17H19NO3. The van der Waals surface area contributed by atoms with Crippen molar-refractivity contribution in [3.63, 3.8) is 0 Å². The fraction of sp³-hybridized carbons (Fsp3) is 0.294. The molecule has 0 unspecified atom stereocenters. The monoisotopic (exact) mass is 285 g/mol. The van der Waals surface area contributed by atoms with Gasteiger partial charge in [0.1, 0.15) is 0 Å². The van der Waals surface area contributed by atoms with Crippen molar-refractivity contribution in [1.29, 1.82) is 0 Å². The van der Waals surface area contributed by atoms with Crippen molar-refractivity contribution >= 4 is 22.8 Å². The van der Waals surface area contributed by atoms with Gasteiger partial charge in [-0.3, -0.25) is 9.78 Å². The van der Waals surface area contributed by atoms with E-state index < -0.39 is 17.5 Å². The van der Waals surface area contributed by atoms with E-state index in [2.05, 4.69) is 4.98 Å². The summed E-state index contributed by atoms with van der Waals surface area (Å²) < 4.78 is 0. The van der Waals surface area contributed by atoms with E-state index in [4.69, 9.17) is 5.11 Å². The van der Waals surface area contributed by atoms with E-state index in [1.165, 1.54) is 0 Å². The van der Waals surface area contributed by atoms with Crippen LogP contribution in [0.2, 0.25) is 0 Å². The number of rotatable bonds is 4. The highest BCUT2D eigenvalue weighted by molar-refractivity contribution is 5.84. The SMILES string of the molecule is C[C@@H](O)c1ccc2cnc(/C=C/C(C)(C)C(=O)O)cc2c1. The summed E-state index contributed by atoms with van der Waals surface area (Å²) >= 11 is 0. The zero-order valence-electron chi connectivity index (χ0n) is 12.4. The average molecular weight is 285 g/mol. The van der Waals surface area contributed by atoms with Crippen molar-refractivity contribution < 1.29 is 15.0 Å². The van der Waals surface area contributed by atoms with Gasteiger partial charge in [0.25, 0.3) is 0 Å². The molecular weight excluding hydrogens is 266 g/mol. The second-order valence-electron chi connectivity index (χ2n) is 5.75. The summed E-state index contributed by atoms with van der Waals surface area (Å²) in [5.74, 6) is -0.879. The quantitative estimate of drug-likeness (QED) is 0.903. The molecule has 2 rings (SSSR count). The van der Waals surface area contributed by atoms with E-state index >= 15 is 0 Å². The number of benzene rings is 1. The molecule has 0 aliphatic carbocycles. The number of aliphatic carboxylic acids is 1. The average Bonchev–Trinajstić information content (AvgIpc) is 2.44. The molecule has 110 valence electrons. The van der Waals surface area contributed by atoms with Crippen LogP contribution in [0.15, 0.2) is 36.5 Å². The Bertz CT molecular complexity index is 702. The normalized spacial score (nSPS) is 13.7. The largest absolute Gasteiger partial charge is 0.481 e. The maximum atomic E-state index is 11.1. The third-order valence-electron chi connectivity index (χ3n) is 3.47. The van der Waals surface area contributed by atoms with Crippen LogP contribution in [0.25, 0.3) is 16.8 Å². The number of fused-ring (bicyclic) bond motifs is 1. The summed E-state index contributed by atoms with van der Waals surface area (Å²) in [4.78, 5) is 15.4. The number of carboxylic acids is 1. The Hall–Kier alpha value is -2.20. The van der Waals surface area contributed by atoms with Crippen molar-refractivity contribution in [2.45, 2.75) is 26.9 Å². The first-order valence-corrected chi connectivity index (χ1v) is 6.80. The number of aliphatic hydroxyl groups is 1. The molecule has 2 aromatic rings. The molecule has 0 amide bonds. The van der Waals surface area contributed by atoms with E-state index in [0.29, 0.717) is 5.69 Å². The van der Waals surface area contributed by atoms with Crippen LogP contribution in [-0.2, 0) is 4.79 Å². The molecule has 0 aliphatic rings. The minimum atomic E-state index is -0.932. The molecule has 0 saturated carbocycles. The molecule has 1 aromatic heterocycles. The molecule has 0 bridgehead atoms. The standard InChI is InChI=1S/C17H19NO3/c1-11(19)12-4-5-13-10-18-15(9-14(13)8-12)6-7-17(2,3)16(20)21/h4-11,19H,1-3H3,(H,20,21)/b7-6+/t11-/m1/s1. The molecule has 0 fully saturated rings. The minimum Gasteiger partial charge on any atom is -0.481 e. The van der Waals surface area contributed by atoms with E-state index in [0.717, 1.165) is 16.3 Å². The summed E-state index contributed by atoms with van der Waals surface area (Å²) in [6.45, 7) is 5.00. The van der Waals surface area contributed by atoms with Crippen LogP contribution in [0, 0.1) is 5.41 Å². The van der Waals surface area contributed by atoms with Crippen molar-refractivity contribution in [3.05, 3.63) is 47.8 Å². The van der Waals surface area contributed by atoms with Gasteiger partial charge in [-0.15, -0.1) is 0 Å². The highest BCUT2D eigenvalue weighted by Gasteiger charge is 2.23. The Morgan fingerprint density at radius 3 is 2.62 bits per heavy atom. The molecule has 0 saturated heterocycles. The highest BCUT2D eigenvalue weighted by Crippen LogP contribution is 2.22. The Morgan fingerprint density at radius 2 is 2.00 bits per heavy atom. The Kier molecular flexibility index (Phi) is 4.09. The topological polar surface area (TPSA) is 70.4 Å². The van der Waals surface area contributed by atoms with Crippen LogP contribution in [0.1, 0.15) is 38.1 Å². The molecule has 21 heavy (non-hydrogen) atoms. The van der Waals surface area contributed by atoms with Gasteiger partial charge < -0.3 is 10.2 Å². The predicted molar refractivity (Wildman–Crippen MR) is 82.8 cm³/mol. The fourth-order valence-electron chi connectivity index (χ4n) is 1.89. The van der Waals surface area contributed by atoms with Crippen LogP contribution in [0.4, 0.5) is 0 Å². The van der Waals surface area contributed by atoms with E-state index in [1.807, 2.05) is 24.3 Å². The lowest BCUT2D eigenvalue weighted by Gasteiger charge is -2.12. The van der Waals surface area contributed by atoms with Gasteiger partial charge in [0.05, 0.1) is 17.2 Å². The van der Waals surface area contributed by atoms with Crippen molar-refractivity contribution in [1.82, 2.24) is 4.98 Å². The van der Waals surface area contributed by atoms with Crippen LogP contribution < -0.4 is 0 Å². The maximum absolute atomic E-state index is 11.1. The Balaban J connectivity index is 2.38. The first-order chi connectivity index (χ1) is 9.79. The van der Waals surface area contributed by atoms with Crippen molar-refractivity contribution in [2.75, 3.05) is 0 Å². The van der Waals surface area contributed by atoms with Gasteiger partial charge >= 0.3 is 5.97 Å². The lowest BCUT2D eigenvalue weighted by molar-refractivity contribution is -0.144. The van der Waals surface area contributed by atoms with Crippen LogP contribution in [-0.4, -0.2) is 21.2 Å². The summed E-state index contributed by atoms with van der Waals surface area (Å²) in [5.41, 5.74) is 0.604. The van der Waals surface area contributed by atoms with Gasteiger partial charge in [-0.05, 0) is 49.9 Å². The number of hydrogen-bond acceptors (Lipinski definition) is 3. The number of hydrogen-bond donors (Lipinski definition) is 2. The lowest BCUT2D eigenvalue weighted by atomic mass is 9.93. The van der Waals surface area contributed by atoms with Crippen LogP contribution >= 0.6 is 0 Å². The number of aliphatic hydroxyl groups excluding tert-OH is 1. The fourth-order valence-corrected chi connectivity index (χ4v) is 1.89. The van der Waals surface area contributed by atoms with Crippen LogP contribution in [0.3, 0.4) is 0 Å². The predicted octanol–water partition coefficient (Wildman–Crippen LogP) is 3.41. The van der Waals surface area contributed by atoms with Gasteiger partial charge in [-0.25, -0.2) is 0 Å². The second kappa shape index (κ2) is 5.66. The molecule has 4 heteroatoms. The summed E-state index contributed by atoms with van der Waals surface area (Å²) in [5, 5.41) is 20.7. The van der Waals surface area contributed by atoms with Gasteiger partial charge in [0, 0.05) is 11.6 Å². The van der Waals surface area contributed by atoms with Gasteiger partial charge in [0.15, 0.2) is 0 Å². The zero-order chi connectivity index (χ0) is 15.6. The molecule has 1 atom stereocenters. The Morgan fingerprint density at radius 1 is 1.29 bits per heavy atom. The molecule has 1 aromatic carbocycles. The van der Waals surface area contributed by atoms with Crippen molar-refractivity contribution in [2.24, 2.45) is 5.41 Å². The number of carboxylic acid groups (broad SMARTS) is 1.